The van der Waals surface area contributed by atoms with Crippen molar-refractivity contribution < 1.29 is 9.53 Å². The standard InChI is InChI=1S/C15H22N2O2/c1-11(2)19-14-6-4-3-5-12(14)9-15(18)17-13-7-8-16-10-13/h3-6,11,13,16H,7-10H2,1-2H3,(H,17,18). The number of rotatable bonds is 5. The Kier molecular flexibility index (Phi) is 4.80. The molecule has 0 saturated carbocycles. The monoisotopic (exact) mass is 262 g/mol. The minimum absolute atomic E-state index is 0.0634. The van der Waals surface area contributed by atoms with Crippen LogP contribution in [0.4, 0.5) is 0 Å². The normalized spacial score (nSPS) is 18.6. The van der Waals surface area contributed by atoms with Crippen LogP contribution in [-0.2, 0) is 11.2 Å². The molecule has 2 N–H and O–H groups in total. The van der Waals surface area contributed by atoms with E-state index in [-0.39, 0.29) is 18.1 Å². The topological polar surface area (TPSA) is 50.4 Å². The van der Waals surface area contributed by atoms with E-state index in [4.69, 9.17) is 4.74 Å². The van der Waals surface area contributed by atoms with Crippen LogP contribution in [0.1, 0.15) is 25.8 Å². The van der Waals surface area contributed by atoms with E-state index in [2.05, 4.69) is 10.6 Å². The highest BCUT2D eigenvalue weighted by Gasteiger charge is 2.17. The molecule has 1 aromatic rings. The molecule has 1 aliphatic rings. The maximum absolute atomic E-state index is 12.0. The molecule has 2 rings (SSSR count). The number of carbonyl (C=O) groups is 1. The third-order valence-corrected chi connectivity index (χ3v) is 3.11. The zero-order valence-electron chi connectivity index (χ0n) is 11.6. The number of hydrogen-bond donors (Lipinski definition) is 2. The van der Waals surface area contributed by atoms with E-state index in [1.165, 1.54) is 0 Å². The van der Waals surface area contributed by atoms with Gasteiger partial charge >= 0.3 is 0 Å². The van der Waals surface area contributed by atoms with Crippen molar-refractivity contribution in [1.82, 2.24) is 10.6 Å². The molecule has 19 heavy (non-hydrogen) atoms. The third-order valence-electron chi connectivity index (χ3n) is 3.11. The molecular weight excluding hydrogens is 240 g/mol. The van der Waals surface area contributed by atoms with Gasteiger partial charge in [0.2, 0.25) is 5.91 Å². The summed E-state index contributed by atoms with van der Waals surface area (Å²) in [5.41, 5.74) is 0.944. The summed E-state index contributed by atoms with van der Waals surface area (Å²) in [6, 6.07) is 8.00. The quantitative estimate of drug-likeness (QED) is 0.845. The molecule has 1 heterocycles. The summed E-state index contributed by atoms with van der Waals surface area (Å²) in [6.07, 6.45) is 1.50. The van der Waals surface area contributed by atoms with Crippen molar-refractivity contribution >= 4 is 5.91 Å². The second-order valence-electron chi connectivity index (χ2n) is 5.21. The van der Waals surface area contributed by atoms with Gasteiger partial charge in [0.05, 0.1) is 12.5 Å². The summed E-state index contributed by atoms with van der Waals surface area (Å²) in [7, 11) is 0. The van der Waals surface area contributed by atoms with E-state index in [1.54, 1.807) is 0 Å². The van der Waals surface area contributed by atoms with Crippen LogP contribution < -0.4 is 15.4 Å². The number of nitrogens with one attached hydrogen (secondary N) is 2. The predicted octanol–water partition coefficient (Wildman–Crippen LogP) is 1.49. The molecule has 4 nitrogen and oxygen atoms in total. The van der Waals surface area contributed by atoms with Crippen molar-refractivity contribution in [3.63, 3.8) is 0 Å². The lowest BCUT2D eigenvalue weighted by Crippen LogP contribution is -2.37. The molecule has 1 fully saturated rings. The van der Waals surface area contributed by atoms with Gasteiger partial charge in [-0.25, -0.2) is 0 Å². The smallest absolute Gasteiger partial charge is 0.224 e. The fourth-order valence-electron chi connectivity index (χ4n) is 2.25. The molecule has 0 bridgehead atoms. The summed E-state index contributed by atoms with van der Waals surface area (Å²) in [4.78, 5) is 12.0. The van der Waals surface area contributed by atoms with Gasteiger partial charge in [-0.2, -0.15) is 0 Å². The fraction of sp³-hybridized carbons (Fsp3) is 0.533. The Balaban J connectivity index is 1.95. The maximum atomic E-state index is 12.0. The summed E-state index contributed by atoms with van der Waals surface area (Å²) in [5.74, 6) is 0.866. The van der Waals surface area contributed by atoms with Gasteiger partial charge in [-0.15, -0.1) is 0 Å². The van der Waals surface area contributed by atoms with Gasteiger partial charge in [0.1, 0.15) is 5.75 Å². The van der Waals surface area contributed by atoms with E-state index < -0.39 is 0 Å². The molecule has 0 aliphatic carbocycles. The molecule has 1 amide bonds. The number of amides is 1. The molecule has 1 saturated heterocycles. The first-order valence-electron chi connectivity index (χ1n) is 6.90. The zero-order chi connectivity index (χ0) is 13.7. The lowest BCUT2D eigenvalue weighted by molar-refractivity contribution is -0.121. The molecule has 0 aromatic heterocycles. The van der Waals surface area contributed by atoms with Crippen LogP contribution >= 0.6 is 0 Å². The van der Waals surface area contributed by atoms with Gasteiger partial charge in [0, 0.05) is 18.2 Å². The lowest BCUT2D eigenvalue weighted by atomic mass is 10.1. The first kappa shape index (κ1) is 13.9. The van der Waals surface area contributed by atoms with Crippen LogP contribution in [0.25, 0.3) is 0 Å². The Morgan fingerprint density at radius 1 is 1.47 bits per heavy atom. The van der Waals surface area contributed by atoms with E-state index in [0.717, 1.165) is 30.8 Å². The Morgan fingerprint density at radius 2 is 2.26 bits per heavy atom. The van der Waals surface area contributed by atoms with Gasteiger partial charge in [-0.3, -0.25) is 4.79 Å². The summed E-state index contributed by atoms with van der Waals surface area (Å²) in [6.45, 7) is 5.83. The highest BCUT2D eigenvalue weighted by molar-refractivity contribution is 5.79. The number of para-hydroxylation sites is 1. The van der Waals surface area contributed by atoms with E-state index >= 15 is 0 Å². The van der Waals surface area contributed by atoms with E-state index in [9.17, 15) is 4.79 Å². The van der Waals surface area contributed by atoms with Gasteiger partial charge in [0.25, 0.3) is 0 Å². The largest absolute Gasteiger partial charge is 0.491 e. The lowest BCUT2D eigenvalue weighted by Gasteiger charge is -2.15. The van der Waals surface area contributed by atoms with Crippen LogP contribution in [0.2, 0.25) is 0 Å². The molecule has 1 aromatic carbocycles. The second kappa shape index (κ2) is 6.57. The summed E-state index contributed by atoms with van der Waals surface area (Å²) < 4.78 is 5.72. The van der Waals surface area contributed by atoms with Crippen molar-refractivity contribution in [2.45, 2.75) is 38.8 Å². The maximum Gasteiger partial charge on any atom is 0.224 e. The second-order valence-corrected chi connectivity index (χ2v) is 5.21. The van der Waals surface area contributed by atoms with Gasteiger partial charge in [-0.1, -0.05) is 18.2 Å². The van der Waals surface area contributed by atoms with Crippen LogP contribution in [0.3, 0.4) is 0 Å². The summed E-state index contributed by atoms with van der Waals surface area (Å²) in [5, 5.41) is 6.29. The fourth-order valence-corrected chi connectivity index (χ4v) is 2.25. The van der Waals surface area contributed by atoms with Crippen LogP contribution in [0.5, 0.6) is 5.75 Å². The average Bonchev–Trinajstić information content (AvgIpc) is 2.83. The first-order chi connectivity index (χ1) is 9.15. The Morgan fingerprint density at radius 3 is 2.95 bits per heavy atom. The van der Waals surface area contributed by atoms with Crippen molar-refractivity contribution in [2.24, 2.45) is 0 Å². The molecule has 0 radical (unpaired) electrons. The number of carbonyl (C=O) groups excluding carboxylic acids is 1. The minimum atomic E-state index is 0.0634. The highest BCUT2D eigenvalue weighted by Crippen LogP contribution is 2.20. The SMILES string of the molecule is CC(C)Oc1ccccc1CC(=O)NC1CCNC1. The number of ether oxygens (including phenoxy) is 1. The number of benzene rings is 1. The average molecular weight is 262 g/mol. The van der Waals surface area contributed by atoms with Gasteiger partial charge in [0.15, 0.2) is 0 Å². The van der Waals surface area contributed by atoms with Crippen LogP contribution in [0, 0.1) is 0 Å². The van der Waals surface area contributed by atoms with Crippen molar-refractivity contribution in [1.29, 1.82) is 0 Å². The Hall–Kier alpha value is -1.55. The molecular formula is C15H22N2O2. The Labute approximate surface area is 114 Å². The van der Waals surface area contributed by atoms with Crippen molar-refractivity contribution in [3.05, 3.63) is 29.8 Å². The number of hydrogen-bond acceptors (Lipinski definition) is 3. The van der Waals surface area contributed by atoms with Crippen molar-refractivity contribution in [2.75, 3.05) is 13.1 Å². The molecule has 0 spiro atoms. The first-order valence-corrected chi connectivity index (χ1v) is 6.90. The van der Waals surface area contributed by atoms with E-state index in [0.29, 0.717) is 6.42 Å². The third kappa shape index (κ3) is 4.24. The molecule has 1 atom stereocenters. The molecule has 1 aliphatic heterocycles. The Bertz CT molecular complexity index is 426. The van der Waals surface area contributed by atoms with Crippen LogP contribution in [-0.4, -0.2) is 31.1 Å². The van der Waals surface area contributed by atoms with E-state index in [1.807, 2.05) is 38.1 Å². The minimum Gasteiger partial charge on any atom is -0.491 e. The van der Waals surface area contributed by atoms with Gasteiger partial charge < -0.3 is 15.4 Å². The van der Waals surface area contributed by atoms with Crippen molar-refractivity contribution in [3.8, 4) is 5.75 Å². The molecule has 1 unspecified atom stereocenters. The zero-order valence-corrected chi connectivity index (χ0v) is 11.6. The molecule has 104 valence electrons. The predicted molar refractivity (Wildman–Crippen MR) is 75.3 cm³/mol. The van der Waals surface area contributed by atoms with Gasteiger partial charge in [-0.05, 0) is 32.9 Å². The highest BCUT2D eigenvalue weighted by atomic mass is 16.5. The summed E-state index contributed by atoms with van der Waals surface area (Å²) >= 11 is 0. The van der Waals surface area contributed by atoms with Crippen LogP contribution in [0.15, 0.2) is 24.3 Å². The molecule has 4 heteroatoms.